The second kappa shape index (κ2) is 12.9. The third kappa shape index (κ3) is 8.26. The zero-order chi connectivity index (χ0) is 25.7. The lowest BCUT2D eigenvalue weighted by atomic mass is 10.00. The number of hydrogen-bond acceptors (Lipinski definition) is 6. The number of esters is 1. The van der Waals surface area contributed by atoms with Crippen LogP contribution in [0.3, 0.4) is 0 Å². The Hall–Kier alpha value is -4.20. The van der Waals surface area contributed by atoms with Crippen molar-refractivity contribution < 1.29 is 41.8 Å². The fourth-order valence-electron chi connectivity index (χ4n) is 2.61. The van der Waals surface area contributed by atoms with Crippen LogP contribution in [0.25, 0.3) is 0 Å². The predicted molar refractivity (Wildman–Crippen MR) is 118 cm³/mol. The maximum atomic E-state index is 14.0. The van der Waals surface area contributed by atoms with Crippen molar-refractivity contribution in [2.45, 2.75) is 31.9 Å². The number of amides is 2. The first-order chi connectivity index (χ1) is 16.7. The monoisotopic (exact) mass is 492 g/mol. The summed E-state index contributed by atoms with van der Waals surface area (Å²) in [7, 11) is 0. The second-order valence-electron chi connectivity index (χ2n) is 6.87. The minimum atomic E-state index is -5.37. The van der Waals surface area contributed by atoms with E-state index in [1.54, 1.807) is 66.6 Å². The summed E-state index contributed by atoms with van der Waals surface area (Å²) >= 11 is 0. The topological polar surface area (TPSA) is 103 Å². The summed E-state index contributed by atoms with van der Waals surface area (Å²) in [5.74, 6) is 1.87. The maximum Gasteiger partial charge on any atom is 0.434 e. The first-order valence-corrected chi connectivity index (χ1v) is 10.4. The SMILES string of the molecule is CCOC(=O)[C@](C#CCNC(=O)OCc1ccccc1)(NC(=O)OCc1ccccc1)C(F)(F)F. The fourth-order valence-corrected chi connectivity index (χ4v) is 2.61. The molecule has 0 aliphatic carbocycles. The van der Waals surface area contributed by atoms with Gasteiger partial charge in [0.1, 0.15) is 13.2 Å². The van der Waals surface area contributed by atoms with Gasteiger partial charge < -0.3 is 19.5 Å². The van der Waals surface area contributed by atoms with Crippen LogP contribution in [-0.2, 0) is 32.2 Å². The number of carbonyl (C=O) groups excluding carboxylic acids is 3. The van der Waals surface area contributed by atoms with Crippen molar-refractivity contribution in [2.24, 2.45) is 0 Å². The number of nitrogens with one attached hydrogen (secondary N) is 2. The molecule has 35 heavy (non-hydrogen) atoms. The van der Waals surface area contributed by atoms with Crippen LogP contribution < -0.4 is 10.6 Å². The van der Waals surface area contributed by atoms with Crippen molar-refractivity contribution in [3.63, 3.8) is 0 Å². The van der Waals surface area contributed by atoms with Gasteiger partial charge in [-0.15, -0.1) is 0 Å². The highest BCUT2D eigenvalue weighted by molar-refractivity contribution is 5.90. The van der Waals surface area contributed by atoms with E-state index in [1.165, 1.54) is 12.2 Å². The van der Waals surface area contributed by atoms with Crippen LogP contribution in [0, 0.1) is 11.8 Å². The average Bonchev–Trinajstić information content (AvgIpc) is 2.84. The number of rotatable bonds is 8. The van der Waals surface area contributed by atoms with Crippen molar-refractivity contribution in [2.75, 3.05) is 13.2 Å². The molecule has 186 valence electrons. The van der Waals surface area contributed by atoms with Crippen LogP contribution in [0.5, 0.6) is 0 Å². The highest BCUT2D eigenvalue weighted by Gasteiger charge is 2.63. The molecule has 11 heteroatoms. The van der Waals surface area contributed by atoms with Crippen molar-refractivity contribution in [1.29, 1.82) is 0 Å². The molecule has 2 aromatic carbocycles. The highest BCUT2D eigenvalue weighted by atomic mass is 19.4. The van der Waals surface area contributed by atoms with Gasteiger partial charge in [-0.25, -0.2) is 14.4 Å². The van der Waals surface area contributed by atoms with Crippen molar-refractivity contribution in [3.05, 3.63) is 71.8 Å². The van der Waals surface area contributed by atoms with Gasteiger partial charge in [-0.2, -0.15) is 13.2 Å². The summed E-state index contributed by atoms with van der Waals surface area (Å²) in [5.41, 5.74) is -2.50. The van der Waals surface area contributed by atoms with Gasteiger partial charge in [-0.1, -0.05) is 72.5 Å². The first kappa shape index (κ1) is 27.0. The third-order valence-electron chi connectivity index (χ3n) is 4.32. The minimum absolute atomic E-state index is 0.0653. The second-order valence-corrected chi connectivity index (χ2v) is 6.87. The predicted octanol–water partition coefficient (Wildman–Crippen LogP) is 3.71. The van der Waals surface area contributed by atoms with E-state index in [1.807, 2.05) is 5.92 Å². The summed E-state index contributed by atoms with van der Waals surface area (Å²) in [6, 6.07) is 16.9. The molecular weight excluding hydrogens is 469 g/mol. The molecule has 0 aliphatic heterocycles. The molecule has 2 rings (SSSR count). The van der Waals surface area contributed by atoms with Gasteiger partial charge in [0.05, 0.1) is 13.2 Å². The van der Waals surface area contributed by atoms with E-state index >= 15 is 0 Å². The smallest absolute Gasteiger partial charge is 0.434 e. The van der Waals surface area contributed by atoms with Crippen LogP contribution in [0.1, 0.15) is 18.1 Å². The largest absolute Gasteiger partial charge is 0.463 e. The standard InChI is InChI=1S/C24H23F3N2O6/c1-2-33-20(30)23(24(25,26)27,29-22(32)35-17-19-12-7-4-8-13-19)14-9-15-28-21(31)34-16-18-10-5-3-6-11-18/h3-8,10-13H,2,15-17H2,1H3,(H,28,31)(H,29,32)/t23-/m0/s1. The van der Waals surface area contributed by atoms with Crippen LogP contribution in [0.4, 0.5) is 22.8 Å². The van der Waals surface area contributed by atoms with Gasteiger partial charge in [0, 0.05) is 0 Å². The van der Waals surface area contributed by atoms with E-state index < -0.39 is 43.0 Å². The zero-order valence-electron chi connectivity index (χ0n) is 18.7. The lowest BCUT2D eigenvalue weighted by Gasteiger charge is -2.29. The number of halogens is 3. The van der Waals surface area contributed by atoms with Crippen molar-refractivity contribution >= 4 is 18.2 Å². The zero-order valence-corrected chi connectivity index (χ0v) is 18.7. The van der Waals surface area contributed by atoms with Gasteiger partial charge in [0.25, 0.3) is 5.54 Å². The van der Waals surface area contributed by atoms with Gasteiger partial charge in [0.15, 0.2) is 0 Å². The van der Waals surface area contributed by atoms with Gasteiger partial charge in [-0.05, 0) is 18.1 Å². The molecule has 2 aromatic rings. The number of hydrogen-bond donors (Lipinski definition) is 2. The summed E-state index contributed by atoms with van der Waals surface area (Å²) in [6.07, 6.45) is -7.85. The van der Waals surface area contributed by atoms with Crippen LogP contribution in [0.2, 0.25) is 0 Å². The van der Waals surface area contributed by atoms with E-state index in [0.717, 1.165) is 0 Å². The Labute approximate surface area is 199 Å². The van der Waals surface area contributed by atoms with Gasteiger partial charge in [-0.3, -0.25) is 5.32 Å². The number of ether oxygens (including phenoxy) is 3. The van der Waals surface area contributed by atoms with Crippen LogP contribution in [0.15, 0.2) is 60.7 Å². The van der Waals surface area contributed by atoms with Gasteiger partial charge in [0.2, 0.25) is 0 Å². The third-order valence-corrected chi connectivity index (χ3v) is 4.32. The van der Waals surface area contributed by atoms with E-state index in [9.17, 15) is 27.6 Å². The molecule has 0 aromatic heterocycles. The summed E-state index contributed by atoms with van der Waals surface area (Å²) in [6.45, 7) is -0.116. The lowest BCUT2D eigenvalue weighted by Crippen LogP contribution is -2.64. The van der Waals surface area contributed by atoms with E-state index in [2.05, 4.69) is 10.1 Å². The van der Waals surface area contributed by atoms with Crippen molar-refractivity contribution in [3.8, 4) is 11.8 Å². The fraction of sp³-hybridized carbons (Fsp3) is 0.292. The molecule has 2 N–H and O–H groups in total. The van der Waals surface area contributed by atoms with Crippen molar-refractivity contribution in [1.82, 2.24) is 10.6 Å². The molecule has 8 nitrogen and oxygen atoms in total. The van der Waals surface area contributed by atoms with Crippen LogP contribution in [-0.4, -0.2) is 43.0 Å². The molecule has 2 amide bonds. The minimum Gasteiger partial charge on any atom is -0.463 e. The highest BCUT2D eigenvalue weighted by Crippen LogP contribution is 2.31. The quantitative estimate of drug-likeness (QED) is 0.331. The molecule has 0 fully saturated rings. The Bertz CT molecular complexity index is 1050. The molecule has 0 radical (unpaired) electrons. The Morgan fingerprint density at radius 3 is 1.83 bits per heavy atom. The van der Waals surface area contributed by atoms with E-state index in [0.29, 0.717) is 11.1 Å². The molecule has 0 unspecified atom stereocenters. The molecule has 0 saturated heterocycles. The lowest BCUT2D eigenvalue weighted by molar-refractivity contribution is -0.198. The molecular formula is C24H23F3N2O6. The number of carbonyl (C=O) groups is 3. The molecule has 0 saturated carbocycles. The Balaban J connectivity index is 2.08. The summed E-state index contributed by atoms with van der Waals surface area (Å²) < 4.78 is 56.2. The normalized spacial score (nSPS) is 12.2. The van der Waals surface area contributed by atoms with E-state index in [-0.39, 0.29) is 13.2 Å². The molecule has 0 spiro atoms. The average molecular weight is 492 g/mol. The Kier molecular flexibility index (Phi) is 9.96. The van der Waals surface area contributed by atoms with E-state index in [4.69, 9.17) is 9.47 Å². The van der Waals surface area contributed by atoms with Crippen LogP contribution >= 0.6 is 0 Å². The summed E-state index contributed by atoms with van der Waals surface area (Å²) in [5, 5.41) is 3.63. The maximum absolute atomic E-state index is 14.0. The first-order valence-electron chi connectivity index (χ1n) is 10.4. The Morgan fingerprint density at radius 2 is 1.34 bits per heavy atom. The molecule has 1 atom stereocenters. The molecule has 0 bridgehead atoms. The number of alkyl halides is 3. The number of benzene rings is 2. The summed E-state index contributed by atoms with van der Waals surface area (Å²) in [4.78, 5) is 36.2. The van der Waals surface area contributed by atoms with Gasteiger partial charge >= 0.3 is 24.3 Å². The molecule has 0 aliphatic rings. The Morgan fingerprint density at radius 1 is 0.829 bits per heavy atom. The number of alkyl carbamates (subject to hydrolysis) is 2. The molecule has 0 heterocycles.